The zero-order valence-electron chi connectivity index (χ0n) is 23.3. The lowest BCUT2D eigenvalue weighted by atomic mass is 9.77. The monoisotopic (exact) mass is 538 g/mol. The van der Waals surface area contributed by atoms with Gasteiger partial charge in [0.2, 0.25) is 0 Å². The standard InChI is InChI=1S/C36H30N2O3/c1-4-37(26-19-17-24(2)18-20-26)38(32-15-9-5-11-25(32)3)27-21-22-34-31(23-27)36(30-14-8-10-16-33(30)40-34)29-13-7-6-12-28(29)35(39)41-36/h5-23H,4H2,1-3H3. The molecule has 7 rings (SSSR count). The first-order valence-electron chi connectivity index (χ1n) is 14.0. The van der Waals surface area contributed by atoms with Crippen LogP contribution < -0.4 is 14.8 Å². The van der Waals surface area contributed by atoms with E-state index in [0.29, 0.717) is 17.1 Å². The van der Waals surface area contributed by atoms with E-state index in [1.54, 1.807) is 0 Å². The zero-order chi connectivity index (χ0) is 28.1. The smallest absolute Gasteiger partial charge is 0.340 e. The van der Waals surface area contributed by atoms with Crippen LogP contribution in [-0.4, -0.2) is 12.5 Å². The summed E-state index contributed by atoms with van der Waals surface area (Å²) in [7, 11) is 0. The van der Waals surface area contributed by atoms with Gasteiger partial charge in [-0.25, -0.2) is 4.79 Å². The third kappa shape index (κ3) is 3.80. The Kier molecular flexibility index (Phi) is 5.82. The van der Waals surface area contributed by atoms with E-state index in [2.05, 4.69) is 91.5 Å². The number of hydrogen-bond donors (Lipinski definition) is 0. The number of rotatable bonds is 5. The van der Waals surface area contributed by atoms with Crippen LogP contribution in [-0.2, 0) is 10.3 Å². The molecular weight excluding hydrogens is 508 g/mol. The van der Waals surface area contributed by atoms with Gasteiger partial charge in [-0.15, -0.1) is 0 Å². The molecule has 0 amide bonds. The van der Waals surface area contributed by atoms with Gasteiger partial charge in [0, 0.05) is 23.2 Å². The molecule has 202 valence electrons. The van der Waals surface area contributed by atoms with Crippen LogP contribution in [0.25, 0.3) is 0 Å². The maximum atomic E-state index is 13.3. The minimum Gasteiger partial charge on any atom is -0.456 e. The fraction of sp³-hybridized carbons (Fsp3) is 0.139. The summed E-state index contributed by atoms with van der Waals surface area (Å²) in [5.41, 5.74) is 7.32. The van der Waals surface area contributed by atoms with Gasteiger partial charge >= 0.3 is 5.97 Å². The predicted octanol–water partition coefficient (Wildman–Crippen LogP) is 8.45. The maximum Gasteiger partial charge on any atom is 0.340 e. The van der Waals surface area contributed by atoms with Crippen LogP contribution >= 0.6 is 0 Å². The number of benzene rings is 5. The Morgan fingerprint density at radius 1 is 0.683 bits per heavy atom. The molecule has 5 aromatic rings. The van der Waals surface area contributed by atoms with Gasteiger partial charge < -0.3 is 9.47 Å². The van der Waals surface area contributed by atoms with Crippen molar-refractivity contribution in [2.75, 3.05) is 16.6 Å². The number of anilines is 3. The van der Waals surface area contributed by atoms with Crippen LogP contribution in [0.5, 0.6) is 11.5 Å². The second-order valence-electron chi connectivity index (χ2n) is 10.5. The molecule has 5 nitrogen and oxygen atoms in total. The number of carbonyl (C=O) groups excluding carboxylic acids is 1. The van der Waals surface area contributed by atoms with Crippen molar-refractivity contribution >= 4 is 23.0 Å². The number of hydrazine groups is 1. The van der Waals surface area contributed by atoms with Gasteiger partial charge in [0.25, 0.3) is 0 Å². The lowest BCUT2D eigenvalue weighted by molar-refractivity contribution is 0.0224. The van der Waals surface area contributed by atoms with Crippen LogP contribution in [0.1, 0.15) is 45.1 Å². The molecule has 1 atom stereocenters. The van der Waals surface area contributed by atoms with E-state index in [9.17, 15) is 4.79 Å². The number of fused-ring (bicyclic) bond motifs is 6. The Hall–Kier alpha value is -5.03. The summed E-state index contributed by atoms with van der Waals surface area (Å²) in [6.07, 6.45) is 0. The molecule has 0 aliphatic carbocycles. The number of para-hydroxylation sites is 2. The highest BCUT2D eigenvalue weighted by molar-refractivity contribution is 5.97. The third-order valence-electron chi connectivity index (χ3n) is 8.06. The van der Waals surface area contributed by atoms with Gasteiger partial charge in [-0.05, 0) is 74.9 Å². The van der Waals surface area contributed by atoms with Gasteiger partial charge in [-0.1, -0.05) is 72.3 Å². The van der Waals surface area contributed by atoms with Crippen LogP contribution in [0.2, 0.25) is 0 Å². The molecule has 0 saturated heterocycles. The Bertz CT molecular complexity index is 1800. The molecule has 2 heterocycles. The summed E-state index contributed by atoms with van der Waals surface area (Å²) in [5, 5.41) is 4.51. The molecule has 0 aromatic heterocycles. The average molecular weight is 539 g/mol. The lowest BCUT2D eigenvalue weighted by Crippen LogP contribution is -2.40. The molecule has 0 bridgehead atoms. The van der Waals surface area contributed by atoms with Crippen molar-refractivity contribution in [3.8, 4) is 11.5 Å². The van der Waals surface area contributed by atoms with Crippen molar-refractivity contribution in [3.05, 3.63) is 149 Å². The summed E-state index contributed by atoms with van der Waals surface area (Å²) in [5.74, 6) is 1.02. The number of aryl methyl sites for hydroxylation is 2. The minimum atomic E-state index is -1.12. The lowest BCUT2D eigenvalue weighted by Gasteiger charge is -2.41. The van der Waals surface area contributed by atoms with E-state index >= 15 is 0 Å². The topological polar surface area (TPSA) is 42.0 Å². The fourth-order valence-electron chi connectivity index (χ4n) is 6.11. The Balaban J connectivity index is 1.48. The van der Waals surface area contributed by atoms with Gasteiger partial charge in [0.1, 0.15) is 11.5 Å². The van der Waals surface area contributed by atoms with Crippen LogP contribution in [0.4, 0.5) is 17.1 Å². The van der Waals surface area contributed by atoms with Crippen molar-refractivity contribution < 1.29 is 14.3 Å². The molecule has 0 radical (unpaired) electrons. The molecule has 0 N–H and O–H groups in total. The largest absolute Gasteiger partial charge is 0.456 e. The van der Waals surface area contributed by atoms with Crippen molar-refractivity contribution in [1.29, 1.82) is 0 Å². The molecule has 41 heavy (non-hydrogen) atoms. The molecule has 5 aromatic carbocycles. The van der Waals surface area contributed by atoms with Crippen LogP contribution in [0.15, 0.2) is 115 Å². The van der Waals surface area contributed by atoms with Gasteiger partial charge in [-0.2, -0.15) is 0 Å². The highest BCUT2D eigenvalue weighted by atomic mass is 16.6. The van der Waals surface area contributed by atoms with Crippen molar-refractivity contribution in [1.82, 2.24) is 0 Å². The first-order valence-corrected chi connectivity index (χ1v) is 14.0. The molecular formula is C36H30N2O3. The number of ether oxygens (including phenoxy) is 2. The van der Waals surface area contributed by atoms with E-state index in [-0.39, 0.29) is 5.97 Å². The SMILES string of the molecule is CCN(c1ccc(C)cc1)N(c1ccc2c(c1)C1(OC(=O)c3ccccc31)c1ccccc1O2)c1ccccc1C. The Morgan fingerprint density at radius 3 is 2.12 bits per heavy atom. The first-order chi connectivity index (χ1) is 20.0. The van der Waals surface area contributed by atoms with Gasteiger partial charge in [0.15, 0.2) is 5.60 Å². The average Bonchev–Trinajstić information content (AvgIpc) is 3.30. The van der Waals surface area contributed by atoms with E-state index in [4.69, 9.17) is 9.47 Å². The molecule has 0 saturated carbocycles. The van der Waals surface area contributed by atoms with Crippen molar-refractivity contribution in [2.24, 2.45) is 0 Å². The van der Waals surface area contributed by atoms with Crippen LogP contribution in [0, 0.1) is 13.8 Å². The summed E-state index contributed by atoms with van der Waals surface area (Å²) >= 11 is 0. The second-order valence-corrected chi connectivity index (χ2v) is 10.5. The molecule has 1 unspecified atom stereocenters. The summed E-state index contributed by atoms with van der Waals surface area (Å²) < 4.78 is 12.9. The molecule has 5 heteroatoms. The molecule has 0 fully saturated rings. The normalized spacial score (nSPS) is 16.3. The molecule has 1 spiro atoms. The summed E-state index contributed by atoms with van der Waals surface area (Å²) in [6, 6.07) is 38.6. The third-order valence-corrected chi connectivity index (χ3v) is 8.06. The second kappa shape index (κ2) is 9.56. The van der Waals surface area contributed by atoms with Crippen LogP contribution in [0.3, 0.4) is 0 Å². The van der Waals surface area contributed by atoms with E-state index in [1.165, 1.54) is 5.56 Å². The molecule has 2 aliphatic heterocycles. The minimum absolute atomic E-state index is 0.334. The highest BCUT2D eigenvalue weighted by Crippen LogP contribution is 2.56. The Morgan fingerprint density at radius 2 is 1.34 bits per heavy atom. The number of hydrogen-bond acceptors (Lipinski definition) is 5. The predicted molar refractivity (Wildman–Crippen MR) is 162 cm³/mol. The van der Waals surface area contributed by atoms with E-state index < -0.39 is 5.60 Å². The van der Waals surface area contributed by atoms with Crippen molar-refractivity contribution in [2.45, 2.75) is 26.4 Å². The quantitative estimate of drug-likeness (QED) is 0.166. The maximum absolute atomic E-state index is 13.3. The summed E-state index contributed by atoms with van der Waals surface area (Å²) in [4.78, 5) is 13.3. The number of nitrogens with zero attached hydrogens (tertiary/aromatic N) is 2. The molecule has 2 aliphatic rings. The fourth-order valence-corrected chi connectivity index (χ4v) is 6.11. The first kappa shape index (κ1) is 25.0. The van der Waals surface area contributed by atoms with E-state index in [0.717, 1.165) is 45.9 Å². The highest BCUT2D eigenvalue weighted by Gasteiger charge is 2.53. The van der Waals surface area contributed by atoms with Gasteiger partial charge in [-0.3, -0.25) is 10.0 Å². The van der Waals surface area contributed by atoms with Crippen molar-refractivity contribution in [3.63, 3.8) is 0 Å². The Labute approximate surface area is 240 Å². The number of carbonyl (C=O) groups is 1. The zero-order valence-corrected chi connectivity index (χ0v) is 23.3. The number of esters is 1. The summed E-state index contributed by atoms with van der Waals surface area (Å²) in [6.45, 7) is 7.11. The van der Waals surface area contributed by atoms with Gasteiger partial charge in [0.05, 0.1) is 22.6 Å². The van der Waals surface area contributed by atoms with E-state index in [1.807, 2.05) is 54.6 Å².